The molecule has 0 bridgehead atoms. The molecule has 2 atom stereocenters. The van der Waals surface area contributed by atoms with E-state index in [9.17, 15) is 10.3 Å². The Morgan fingerprint density at radius 2 is 1.88 bits per heavy atom. The van der Waals surface area contributed by atoms with Crippen LogP contribution in [-0.2, 0) is 0 Å². The Kier molecular flexibility index (Phi) is 3.62. The molecule has 0 aliphatic carbocycles. The molecule has 24 heavy (non-hydrogen) atoms. The third kappa shape index (κ3) is 2.49. The first-order valence-corrected chi connectivity index (χ1v) is 8.01. The molecule has 1 unspecified atom stereocenters. The van der Waals surface area contributed by atoms with Crippen LogP contribution in [0.25, 0.3) is 11.4 Å². The van der Waals surface area contributed by atoms with Crippen LogP contribution in [0.1, 0.15) is 10.9 Å². The molecule has 3 aromatic rings. The highest BCUT2D eigenvalue weighted by molar-refractivity contribution is 7.99. The lowest BCUT2D eigenvalue weighted by molar-refractivity contribution is -0.991. The van der Waals surface area contributed by atoms with Gasteiger partial charge in [0, 0.05) is 23.3 Å². The van der Waals surface area contributed by atoms with E-state index in [1.165, 1.54) is 23.9 Å². The van der Waals surface area contributed by atoms with Gasteiger partial charge in [0.2, 0.25) is 5.16 Å². The normalized spacial score (nSPS) is 17.3. The fourth-order valence-electron chi connectivity index (χ4n) is 2.50. The molecule has 0 spiro atoms. The highest BCUT2D eigenvalue weighted by atomic mass is 32.2. The van der Waals surface area contributed by atoms with Gasteiger partial charge in [-0.3, -0.25) is 0 Å². The van der Waals surface area contributed by atoms with E-state index in [-0.39, 0.29) is 16.8 Å². The third-order valence-corrected chi connectivity index (χ3v) is 4.78. The number of hydrogen-bond donors (Lipinski definition) is 4. The smallest absolute Gasteiger partial charge is 0.212 e. The Morgan fingerprint density at radius 1 is 1.12 bits per heavy atom. The average Bonchev–Trinajstić information content (AvgIpc) is 3.16. The molecule has 2 aromatic carbocycles. The van der Waals surface area contributed by atoms with Crippen molar-refractivity contribution in [3.05, 3.63) is 59.3 Å². The SMILES string of the molecule is [O-][NH+](O)c1ccc(-c2nnc3n2N[C@@H](c2ccccc2O)S3)cc1. The van der Waals surface area contributed by atoms with E-state index in [0.29, 0.717) is 11.0 Å². The van der Waals surface area contributed by atoms with Crippen molar-refractivity contribution in [2.75, 3.05) is 5.43 Å². The second-order valence-electron chi connectivity index (χ2n) is 5.21. The summed E-state index contributed by atoms with van der Waals surface area (Å²) in [7, 11) is 0. The van der Waals surface area contributed by atoms with Gasteiger partial charge in [-0.05, 0) is 18.2 Å². The number of para-hydroxylation sites is 1. The number of aromatic hydroxyl groups is 1. The molecule has 0 radical (unpaired) electrons. The van der Waals surface area contributed by atoms with Crippen LogP contribution in [0.4, 0.5) is 5.69 Å². The summed E-state index contributed by atoms with van der Waals surface area (Å²) < 4.78 is 1.75. The predicted octanol–water partition coefficient (Wildman–Crippen LogP) is 1.40. The molecule has 9 heteroatoms. The van der Waals surface area contributed by atoms with E-state index in [1.54, 1.807) is 28.9 Å². The summed E-state index contributed by atoms with van der Waals surface area (Å²) in [6, 6.07) is 13.6. The molecule has 1 aromatic heterocycles. The summed E-state index contributed by atoms with van der Waals surface area (Å²) in [4.78, 5) is 0. The van der Waals surface area contributed by atoms with Crippen LogP contribution in [-0.4, -0.2) is 25.2 Å². The topological polar surface area (TPSA) is 111 Å². The van der Waals surface area contributed by atoms with E-state index in [0.717, 1.165) is 11.1 Å². The molecular formula is C15H13N5O3S. The minimum atomic E-state index is -0.971. The van der Waals surface area contributed by atoms with Crippen LogP contribution in [0.5, 0.6) is 5.75 Å². The van der Waals surface area contributed by atoms with Crippen molar-refractivity contribution in [1.29, 1.82) is 0 Å². The van der Waals surface area contributed by atoms with E-state index >= 15 is 0 Å². The predicted molar refractivity (Wildman–Crippen MR) is 87.3 cm³/mol. The number of nitrogens with zero attached hydrogens (tertiary/aromatic N) is 3. The lowest BCUT2D eigenvalue weighted by atomic mass is 10.2. The lowest BCUT2D eigenvalue weighted by Gasteiger charge is -2.14. The highest BCUT2D eigenvalue weighted by Gasteiger charge is 2.29. The molecule has 4 N–H and O–H groups in total. The molecule has 1 aliphatic heterocycles. The quantitative estimate of drug-likeness (QED) is 0.532. The third-order valence-electron chi connectivity index (χ3n) is 3.71. The Bertz CT molecular complexity index is 881. The molecule has 122 valence electrons. The average molecular weight is 343 g/mol. The van der Waals surface area contributed by atoms with Gasteiger partial charge in [-0.2, -0.15) is 5.23 Å². The summed E-state index contributed by atoms with van der Waals surface area (Å²) in [6.45, 7) is 0. The maximum atomic E-state index is 10.9. The van der Waals surface area contributed by atoms with Crippen molar-refractivity contribution in [3.8, 4) is 17.1 Å². The molecular weight excluding hydrogens is 330 g/mol. The first-order chi connectivity index (χ1) is 11.6. The number of fused-ring (bicyclic) bond motifs is 1. The van der Waals surface area contributed by atoms with Crippen molar-refractivity contribution < 1.29 is 15.5 Å². The van der Waals surface area contributed by atoms with Gasteiger partial charge in [-0.25, -0.2) is 9.88 Å². The molecule has 1 aliphatic rings. The molecule has 2 heterocycles. The second kappa shape index (κ2) is 5.80. The summed E-state index contributed by atoms with van der Waals surface area (Å²) >= 11 is 1.45. The zero-order valence-electron chi connectivity index (χ0n) is 12.2. The lowest BCUT2D eigenvalue weighted by Crippen LogP contribution is -2.99. The number of thioether (sulfide) groups is 1. The fourth-order valence-corrected chi connectivity index (χ4v) is 3.53. The number of quaternary nitrogens is 1. The fraction of sp³-hybridized carbons (Fsp3) is 0.0667. The summed E-state index contributed by atoms with van der Waals surface area (Å²) in [5.41, 5.74) is 4.99. The Hall–Kier alpha value is -2.59. The number of benzene rings is 2. The van der Waals surface area contributed by atoms with Gasteiger partial charge in [0.15, 0.2) is 11.5 Å². The minimum Gasteiger partial charge on any atom is -0.595 e. The summed E-state index contributed by atoms with van der Waals surface area (Å²) in [6.07, 6.45) is 0. The van der Waals surface area contributed by atoms with E-state index in [1.807, 2.05) is 12.1 Å². The number of aromatic nitrogens is 3. The van der Waals surface area contributed by atoms with Crippen LogP contribution in [0.15, 0.2) is 53.7 Å². The molecule has 0 amide bonds. The number of hydrogen-bond acceptors (Lipinski definition) is 7. The number of rotatable bonds is 3. The van der Waals surface area contributed by atoms with E-state index in [4.69, 9.17) is 5.21 Å². The van der Waals surface area contributed by atoms with Crippen molar-refractivity contribution in [1.82, 2.24) is 14.9 Å². The van der Waals surface area contributed by atoms with Crippen LogP contribution in [0.2, 0.25) is 0 Å². The molecule has 0 fully saturated rings. The standard InChI is InChI=1S/C15H13N5O3S/c21-12-4-2-1-3-11(12)14-18-19-13(16-17-15(19)24-14)9-5-7-10(8-6-9)20(22)23/h1-8,14,18,20-22H/t14-/m1/s1. The van der Waals surface area contributed by atoms with Gasteiger partial charge in [0.1, 0.15) is 11.1 Å². The van der Waals surface area contributed by atoms with Gasteiger partial charge < -0.3 is 15.7 Å². The van der Waals surface area contributed by atoms with Crippen LogP contribution >= 0.6 is 11.8 Å². The van der Waals surface area contributed by atoms with Gasteiger partial charge in [-0.1, -0.05) is 30.0 Å². The molecule has 0 saturated heterocycles. The van der Waals surface area contributed by atoms with Crippen molar-refractivity contribution in [2.45, 2.75) is 10.5 Å². The number of nitrogens with one attached hydrogen (secondary N) is 2. The molecule has 8 nitrogen and oxygen atoms in total. The van der Waals surface area contributed by atoms with Crippen molar-refractivity contribution in [2.24, 2.45) is 0 Å². The van der Waals surface area contributed by atoms with E-state index < -0.39 is 5.23 Å². The molecule has 0 saturated carbocycles. The zero-order valence-corrected chi connectivity index (χ0v) is 13.1. The van der Waals surface area contributed by atoms with Gasteiger partial charge >= 0.3 is 0 Å². The Labute approximate surface area is 140 Å². The highest BCUT2D eigenvalue weighted by Crippen LogP contribution is 2.42. The maximum absolute atomic E-state index is 10.9. The van der Waals surface area contributed by atoms with Gasteiger partial charge in [0.25, 0.3) is 0 Å². The molecule has 4 rings (SSSR count). The first-order valence-electron chi connectivity index (χ1n) is 7.14. The Balaban J connectivity index is 1.64. The zero-order chi connectivity index (χ0) is 16.7. The van der Waals surface area contributed by atoms with E-state index in [2.05, 4.69) is 15.6 Å². The summed E-state index contributed by atoms with van der Waals surface area (Å²) in [5.74, 6) is 0.806. The Morgan fingerprint density at radius 3 is 2.58 bits per heavy atom. The van der Waals surface area contributed by atoms with Crippen LogP contribution in [0, 0.1) is 5.21 Å². The minimum absolute atomic E-state index is 0.172. The van der Waals surface area contributed by atoms with Crippen molar-refractivity contribution >= 4 is 17.4 Å². The number of phenolic OH excluding ortho intramolecular Hbond substituents is 1. The monoisotopic (exact) mass is 343 g/mol. The van der Waals surface area contributed by atoms with Crippen molar-refractivity contribution in [3.63, 3.8) is 0 Å². The maximum Gasteiger partial charge on any atom is 0.212 e. The van der Waals surface area contributed by atoms with Gasteiger partial charge in [-0.15, -0.1) is 10.2 Å². The second-order valence-corrected chi connectivity index (χ2v) is 6.28. The van der Waals surface area contributed by atoms with Crippen LogP contribution in [0.3, 0.4) is 0 Å². The first kappa shape index (κ1) is 15.0. The summed E-state index contributed by atoms with van der Waals surface area (Å²) in [5, 5.41) is 37.8. The van der Waals surface area contributed by atoms with Gasteiger partial charge in [0.05, 0.1) is 0 Å². The van der Waals surface area contributed by atoms with Crippen LogP contribution < -0.4 is 10.7 Å². The largest absolute Gasteiger partial charge is 0.595 e. The number of phenols is 1.